The first kappa shape index (κ1) is 13.1. The Labute approximate surface area is 101 Å². The number of carbonyl (C=O) groups is 1. The van der Waals surface area contributed by atoms with Crippen LogP contribution in [0.4, 0.5) is 0 Å². The molecule has 0 spiro atoms. The second-order valence-electron chi connectivity index (χ2n) is 4.18. The van der Waals surface area contributed by atoms with E-state index in [0.29, 0.717) is 11.3 Å². The number of hydrogen-bond acceptors (Lipinski definition) is 4. The molecule has 0 radical (unpaired) electrons. The van der Waals surface area contributed by atoms with Gasteiger partial charge < -0.3 is 10.2 Å². The molecule has 0 bridgehead atoms. The normalized spacial score (nSPS) is 11.9. The molecule has 0 saturated carbocycles. The maximum atomic E-state index is 11.8. The third-order valence-electron chi connectivity index (χ3n) is 2.14. The molecule has 1 atom stereocenters. The van der Waals surface area contributed by atoms with Crippen LogP contribution in [0.3, 0.4) is 0 Å². The third-order valence-corrected chi connectivity index (χ3v) is 2.14. The number of nitrogens with one attached hydrogen (secondary N) is 1. The van der Waals surface area contributed by atoms with Crippen LogP contribution < -0.4 is 5.32 Å². The second kappa shape index (κ2) is 5.97. The fourth-order valence-electron chi connectivity index (χ4n) is 1.49. The monoisotopic (exact) mass is 232 g/mol. The van der Waals surface area contributed by atoms with Crippen molar-refractivity contribution >= 4 is 5.91 Å². The van der Waals surface area contributed by atoms with Crippen molar-refractivity contribution in [2.45, 2.75) is 13.0 Å². The molecule has 0 aromatic carbocycles. The summed E-state index contributed by atoms with van der Waals surface area (Å²) in [6, 6.07) is 5.14. The Bertz CT molecular complexity index is 419. The van der Waals surface area contributed by atoms with Gasteiger partial charge in [-0.1, -0.05) is 0 Å². The van der Waals surface area contributed by atoms with Crippen molar-refractivity contribution in [3.8, 4) is 6.07 Å². The first-order valence-electron chi connectivity index (χ1n) is 5.34. The summed E-state index contributed by atoms with van der Waals surface area (Å²) < 4.78 is 0. The molecule has 0 aliphatic heterocycles. The van der Waals surface area contributed by atoms with Gasteiger partial charge in [0.15, 0.2) is 0 Å². The topological polar surface area (TPSA) is 69.0 Å². The molecule has 0 saturated heterocycles. The predicted octanol–water partition coefficient (Wildman–Crippen LogP) is 0.633. The van der Waals surface area contributed by atoms with Crippen LogP contribution >= 0.6 is 0 Å². The standard InChI is InChI=1S/C12H16N4O/c1-9(8-16(2)3)15-12(17)11-5-4-10(6-13)7-14-11/h4-5,7,9H,8H2,1-3H3,(H,15,17). The molecule has 90 valence electrons. The molecule has 1 N–H and O–H groups in total. The number of likely N-dealkylation sites (N-methyl/N-ethyl adjacent to an activating group) is 1. The molecule has 0 aliphatic rings. The van der Waals surface area contributed by atoms with Gasteiger partial charge in [0, 0.05) is 18.8 Å². The predicted molar refractivity (Wildman–Crippen MR) is 64.4 cm³/mol. The van der Waals surface area contributed by atoms with Gasteiger partial charge in [-0.15, -0.1) is 0 Å². The van der Waals surface area contributed by atoms with E-state index in [1.807, 2.05) is 32.0 Å². The molecular formula is C12H16N4O. The summed E-state index contributed by atoms with van der Waals surface area (Å²) in [6.45, 7) is 2.70. The molecule has 1 amide bonds. The highest BCUT2D eigenvalue weighted by molar-refractivity contribution is 5.92. The first-order valence-corrected chi connectivity index (χ1v) is 5.34. The molecular weight excluding hydrogens is 216 g/mol. The lowest BCUT2D eigenvalue weighted by molar-refractivity contribution is 0.0929. The lowest BCUT2D eigenvalue weighted by atomic mass is 10.2. The maximum absolute atomic E-state index is 11.8. The number of hydrogen-bond donors (Lipinski definition) is 1. The Kier molecular flexibility index (Phi) is 4.61. The number of amides is 1. The van der Waals surface area contributed by atoms with E-state index in [1.54, 1.807) is 12.1 Å². The molecule has 0 fully saturated rings. The van der Waals surface area contributed by atoms with Crippen LogP contribution in [0.2, 0.25) is 0 Å². The SMILES string of the molecule is CC(CN(C)C)NC(=O)c1ccc(C#N)cn1. The van der Waals surface area contributed by atoms with Crippen molar-refractivity contribution in [2.75, 3.05) is 20.6 Å². The summed E-state index contributed by atoms with van der Waals surface area (Å²) >= 11 is 0. The molecule has 0 aliphatic carbocycles. The minimum Gasteiger partial charge on any atom is -0.347 e. The van der Waals surface area contributed by atoms with Crippen LogP contribution in [0, 0.1) is 11.3 Å². The summed E-state index contributed by atoms with van der Waals surface area (Å²) in [5, 5.41) is 11.5. The number of nitrogens with zero attached hydrogens (tertiary/aromatic N) is 3. The van der Waals surface area contributed by atoms with Gasteiger partial charge in [0.05, 0.1) is 5.56 Å². The molecule has 1 aromatic rings. The number of nitriles is 1. The van der Waals surface area contributed by atoms with Gasteiger partial charge in [0.2, 0.25) is 0 Å². The molecule has 1 unspecified atom stereocenters. The van der Waals surface area contributed by atoms with Gasteiger partial charge in [0.1, 0.15) is 11.8 Å². The van der Waals surface area contributed by atoms with E-state index in [2.05, 4.69) is 10.3 Å². The van der Waals surface area contributed by atoms with Gasteiger partial charge in [-0.25, -0.2) is 4.98 Å². The molecule has 5 nitrogen and oxygen atoms in total. The Morgan fingerprint density at radius 1 is 1.59 bits per heavy atom. The van der Waals surface area contributed by atoms with Crippen molar-refractivity contribution in [1.82, 2.24) is 15.2 Å². The van der Waals surface area contributed by atoms with Crippen molar-refractivity contribution in [3.05, 3.63) is 29.6 Å². The number of pyridine rings is 1. The van der Waals surface area contributed by atoms with Gasteiger partial charge >= 0.3 is 0 Å². The maximum Gasteiger partial charge on any atom is 0.270 e. The number of aromatic nitrogens is 1. The van der Waals surface area contributed by atoms with E-state index < -0.39 is 0 Å². The van der Waals surface area contributed by atoms with Gasteiger partial charge in [0.25, 0.3) is 5.91 Å². The molecule has 17 heavy (non-hydrogen) atoms. The Balaban J connectivity index is 2.61. The lowest BCUT2D eigenvalue weighted by Gasteiger charge is -2.17. The number of rotatable bonds is 4. The Morgan fingerprint density at radius 3 is 2.76 bits per heavy atom. The van der Waals surface area contributed by atoms with Crippen molar-refractivity contribution in [3.63, 3.8) is 0 Å². The van der Waals surface area contributed by atoms with Crippen LogP contribution in [0.15, 0.2) is 18.3 Å². The highest BCUT2D eigenvalue weighted by Gasteiger charge is 2.11. The van der Waals surface area contributed by atoms with Crippen LogP contribution in [0.5, 0.6) is 0 Å². The van der Waals surface area contributed by atoms with Gasteiger partial charge in [-0.3, -0.25) is 4.79 Å². The average Bonchev–Trinajstić information content (AvgIpc) is 2.28. The zero-order chi connectivity index (χ0) is 12.8. The highest BCUT2D eigenvalue weighted by Crippen LogP contribution is 1.99. The zero-order valence-electron chi connectivity index (χ0n) is 10.3. The van der Waals surface area contributed by atoms with Crippen LogP contribution in [0.1, 0.15) is 23.0 Å². The third kappa shape index (κ3) is 4.21. The highest BCUT2D eigenvalue weighted by atomic mass is 16.1. The van der Waals surface area contributed by atoms with Crippen LogP contribution in [-0.4, -0.2) is 42.5 Å². The first-order chi connectivity index (χ1) is 8.02. The van der Waals surface area contributed by atoms with E-state index in [9.17, 15) is 4.79 Å². The Hall–Kier alpha value is -1.93. The minimum atomic E-state index is -0.219. The van der Waals surface area contributed by atoms with Crippen molar-refractivity contribution < 1.29 is 4.79 Å². The van der Waals surface area contributed by atoms with E-state index in [-0.39, 0.29) is 11.9 Å². The van der Waals surface area contributed by atoms with E-state index in [1.165, 1.54) is 6.20 Å². The zero-order valence-corrected chi connectivity index (χ0v) is 10.3. The quantitative estimate of drug-likeness (QED) is 0.826. The molecule has 5 heteroatoms. The summed E-state index contributed by atoms with van der Waals surface area (Å²) in [7, 11) is 3.89. The lowest BCUT2D eigenvalue weighted by Crippen LogP contribution is -2.39. The summed E-state index contributed by atoms with van der Waals surface area (Å²) in [6.07, 6.45) is 1.39. The summed E-state index contributed by atoms with van der Waals surface area (Å²) in [5.41, 5.74) is 0.775. The smallest absolute Gasteiger partial charge is 0.270 e. The number of carbonyl (C=O) groups excluding carboxylic acids is 1. The van der Waals surface area contributed by atoms with Gasteiger partial charge in [-0.05, 0) is 33.2 Å². The van der Waals surface area contributed by atoms with Crippen LogP contribution in [0.25, 0.3) is 0 Å². The molecule has 1 heterocycles. The molecule has 1 rings (SSSR count). The second-order valence-corrected chi connectivity index (χ2v) is 4.18. The minimum absolute atomic E-state index is 0.0509. The van der Waals surface area contributed by atoms with E-state index >= 15 is 0 Å². The van der Waals surface area contributed by atoms with Crippen molar-refractivity contribution in [2.24, 2.45) is 0 Å². The van der Waals surface area contributed by atoms with E-state index in [4.69, 9.17) is 5.26 Å². The fourth-order valence-corrected chi connectivity index (χ4v) is 1.49. The van der Waals surface area contributed by atoms with Crippen LogP contribution in [-0.2, 0) is 0 Å². The van der Waals surface area contributed by atoms with E-state index in [0.717, 1.165) is 6.54 Å². The summed E-state index contributed by atoms with van der Waals surface area (Å²) in [4.78, 5) is 17.7. The van der Waals surface area contributed by atoms with Gasteiger partial charge in [-0.2, -0.15) is 5.26 Å². The van der Waals surface area contributed by atoms with Crippen molar-refractivity contribution in [1.29, 1.82) is 5.26 Å². The summed E-state index contributed by atoms with van der Waals surface area (Å²) in [5.74, 6) is -0.219. The largest absolute Gasteiger partial charge is 0.347 e. The fraction of sp³-hybridized carbons (Fsp3) is 0.417. The molecule has 1 aromatic heterocycles. The Morgan fingerprint density at radius 2 is 2.29 bits per heavy atom. The average molecular weight is 232 g/mol.